The molecule has 0 aromatic heterocycles. The molecule has 1 rings (SSSR count). The molecule has 0 fully saturated rings. The van der Waals surface area contributed by atoms with Crippen molar-refractivity contribution < 1.29 is 9.90 Å². The van der Waals surface area contributed by atoms with E-state index >= 15 is 0 Å². The summed E-state index contributed by atoms with van der Waals surface area (Å²) in [4.78, 5) is 10.8. The van der Waals surface area contributed by atoms with E-state index < -0.39 is 5.38 Å². The van der Waals surface area contributed by atoms with Crippen LogP contribution in [0.15, 0.2) is 30.3 Å². The number of Topliss-reactive ketones (excluding diaryl/α,β-unsaturated/α-hetero) is 1. The molecular formula is C11H11ClO2. The predicted molar refractivity (Wildman–Crippen MR) is 57.5 cm³/mol. The van der Waals surface area contributed by atoms with E-state index in [2.05, 4.69) is 0 Å². The van der Waals surface area contributed by atoms with Gasteiger partial charge in [0.1, 0.15) is 11.1 Å². The van der Waals surface area contributed by atoms with Crippen LogP contribution >= 0.6 is 11.6 Å². The zero-order valence-corrected chi connectivity index (χ0v) is 8.53. The van der Waals surface area contributed by atoms with Crippen LogP contribution in [0.4, 0.5) is 0 Å². The number of halogens is 1. The molecule has 0 radical (unpaired) electrons. The molecule has 1 aromatic rings. The Balaban J connectivity index is 2.69. The number of carbonyl (C=O) groups is 1. The van der Waals surface area contributed by atoms with Gasteiger partial charge >= 0.3 is 0 Å². The van der Waals surface area contributed by atoms with Gasteiger partial charge in [0.05, 0.1) is 0 Å². The molecule has 1 aromatic carbocycles. The van der Waals surface area contributed by atoms with Crippen molar-refractivity contribution in [3.05, 3.63) is 35.9 Å². The number of aromatic hydroxyl groups is 1. The van der Waals surface area contributed by atoms with Gasteiger partial charge in [-0.15, -0.1) is 11.6 Å². The lowest BCUT2D eigenvalue weighted by atomic mass is 10.2. The second-order valence-electron chi connectivity index (χ2n) is 2.96. The van der Waals surface area contributed by atoms with Crippen molar-refractivity contribution in [2.75, 3.05) is 0 Å². The average molecular weight is 211 g/mol. The fourth-order valence-electron chi connectivity index (χ4n) is 0.917. The van der Waals surface area contributed by atoms with Crippen molar-refractivity contribution in [1.82, 2.24) is 0 Å². The quantitative estimate of drug-likeness (QED) is 0.779. The molecule has 3 heteroatoms. The Morgan fingerprint density at radius 3 is 2.50 bits per heavy atom. The third-order valence-electron chi connectivity index (χ3n) is 1.74. The van der Waals surface area contributed by atoms with Gasteiger partial charge in [0.15, 0.2) is 5.78 Å². The fourth-order valence-corrected chi connectivity index (χ4v) is 0.989. The van der Waals surface area contributed by atoms with Gasteiger partial charge < -0.3 is 5.11 Å². The highest BCUT2D eigenvalue weighted by Crippen LogP contribution is 2.12. The number of allylic oxidation sites excluding steroid dienone is 1. The number of alkyl halides is 1. The van der Waals surface area contributed by atoms with Gasteiger partial charge in [0, 0.05) is 0 Å². The zero-order valence-electron chi connectivity index (χ0n) is 7.77. The first-order valence-electron chi connectivity index (χ1n) is 4.21. The lowest BCUT2D eigenvalue weighted by molar-refractivity contribution is -0.115. The van der Waals surface area contributed by atoms with E-state index in [-0.39, 0.29) is 11.5 Å². The third kappa shape index (κ3) is 3.23. The van der Waals surface area contributed by atoms with Crippen LogP contribution in [0.3, 0.4) is 0 Å². The first kappa shape index (κ1) is 10.8. The molecular weight excluding hydrogens is 200 g/mol. The number of phenols is 1. The van der Waals surface area contributed by atoms with Crippen LogP contribution in [0.5, 0.6) is 5.75 Å². The van der Waals surface area contributed by atoms with Crippen molar-refractivity contribution >= 4 is 23.5 Å². The van der Waals surface area contributed by atoms with Crippen LogP contribution in [0.2, 0.25) is 0 Å². The van der Waals surface area contributed by atoms with Gasteiger partial charge in [0.25, 0.3) is 0 Å². The molecule has 0 bridgehead atoms. The Labute approximate surface area is 87.8 Å². The lowest BCUT2D eigenvalue weighted by Crippen LogP contribution is -2.05. The Morgan fingerprint density at radius 1 is 1.43 bits per heavy atom. The highest BCUT2D eigenvalue weighted by molar-refractivity contribution is 6.32. The van der Waals surface area contributed by atoms with Gasteiger partial charge in [0.2, 0.25) is 0 Å². The standard InChI is InChI=1S/C11H11ClO2/c1-8(13)11(12)7-4-9-2-5-10(14)6-3-9/h2-7,11,14H,1H3. The van der Waals surface area contributed by atoms with E-state index in [0.29, 0.717) is 0 Å². The minimum absolute atomic E-state index is 0.0818. The number of carbonyl (C=O) groups excluding carboxylic acids is 1. The largest absolute Gasteiger partial charge is 0.508 e. The van der Waals surface area contributed by atoms with Crippen LogP contribution in [-0.4, -0.2) is 16.3 Å². The van der Waals surface area contributed by atoms with Crippen LogP contribution in [0.25, 0.3) is 6.08 Å². The third-order valence-corrected chi connectivity index (χ3v) is 2.19. The van der Waals surface area contributed by atoms with Crippen LogP contribution in [0.1, 0.15) is 12.5 Å². The molecule has 0 amide bonds. The van der Waals surface area contributed by atoms with E-state index in [9.17, 15) is 4.79 Å². The normalized spacial score (nSPS) is 13.0. The Bertz CT molecular complexity index is 341. The molecule has 0 aliphatic rings. The summed E-state index contributed by atoms with van der Waals surface area (Å²) < 4.78 is 0. The molecule has 14 heavy (non-hydrogen) atoms. The highest BCUT2D eigenvalue weighted by atomic mass is 35.5. The number of hydrogen-bond acceptors (Lipinski definition) is 2. The van der Waals surface area contributed by atoms with Crippen LogP contribution in [-0.2, 0) is 4.79 Å². The average Bonchev–Trinajstić information content (AvgIpc) is 2.16. The van der Waals surface area contributed by atoms with Gasteiger partial charge in [-0.1, -0.05) is 24.3 Å². The first-order chi connectivity index (χ1) is 6.59. The SMILES string of the molecule is CC(=O)C(Cl)C=Cc1ccc(O)cc1. The van der Waals surface area contributed by atoms with Gasteiger partial charge in [-0.2, -0.15) is 0 Å². The van der Waals surface area contributed by atoms with E-state index in [1.165, 1.54) is 6.92 Å². The molecule has 1 atom stereocenters. The molecule has 0 spiro atoms. The van der Waals surface area contributed by atoms with Crippen LogP contribution in [0, 0.1) is 0 Å². The van der Waals surface area contributed by atoms with Crippen molar-refractivity contribution in [2.45, 2.75) is 12.3 Å². The second-order valence-corrected chi connectivity index (χ2v) is 3.43. The Morgan fingerprint density at radius 2 is 2.00 bits per heavy atom. The summed E-state index contributed by atoms with van der Waals surface area (Å²) in [6, 6.07) is 6.65. The monoisotopic (exact) mass is 210 g/mol. The summed E-state index contributed by atoms with van der Waals surface area (Å²) in [6.45, 7) is 1.44. The lowest BCUT2D eigenvalue weighted by Gasteiger charge is -1.97. The molecule has 0 saturated heterocycles. The van der Waals surface area contributed by atoms with Crippen molar-refractivity contribution in [2.24, 2.45) is 0 Å². The zero-order chi connectivity index (χ0) is 10.6. The van der Waals surface area contributed by atoms with E-state index in [1.807, 2.05) is 0 Å². The predicted octanol–water partition coefficient (Wildman–Crippen LogP) is 2.60. The maximum Gasteiger partial charge on any atom is 0.151 e. The number of benzene rings is 1. The Hall–Kier alpha value is -1.28. The molecule has 1 N–H and O–H groups in total. The molecule has 1 unspecified atom stereocenters. The summed E-state index contributed by atoms with van der Waals surface area (Å²) in [5.74, 6) is 0.137. The molecule has 0 aliphatic carbocycles. The summed E-state index contributed by atoms with van der Waals surface area (Å²) in [5.41, 5.74) is 0.898. The van der Waals surface area contributed by atoms with Crippen LogP contribution < -0.4 is 0 Å². The highest BCUT2D eigenvalue weighted by Gasteiger charge is 2.03. The van der Waals surface area contributed by atoms with Gasteiger partial charge in [-0.05, 0) is 24.6 Å². The van der Waals surface area contributed by atoms with Gasteiger partial charge in [-0.25, -0.2) is 0 Å². The topological polar surface area (TPSA) is 37.3 Å². The smallest absolute Gasteiger partial charge is 0.151 e. The molecule has 0 saturated carbocycles. The molecule has 74 valence electrons. The van der Waals surface area contributed by atoms with E-state index in [4.69, 9.17) is 16.7 Å². The maximum atomic E-state index is 10.8. The summed E-state index contributed by atoms with van der Waals surface area (Å²) in [7, 11) is 0. The number of phenolic OH excluding ortho intramolecular Hbond substituents is 1. The Kier molecular flexibility index (Phi) is 3.72. The molecule has 0 heterocycles. The van der Waals surface area contributed by atoms with Gasteiger partial charge in [-0.3, -0.25) is 4.79 Å². The molecule has 0 aliphatic heterocycles. The second kappa shape index (κ2) is 4.82. The minimum atomic E-state index is -0.580. The fraction of sp³-hybridized carbons (Fsp3) is 0.182. The first-order valence-corrected chi connectivity index (χ1v) is 4.65. The number of ketones is 1. The van der Waals surface area contributed by atoms with Crippen molar-refractivity contribution in [3.8, 4) is 5.75 Å². The molecule has 2 nitrogen and oxygen atoms in total. The summed E-state index contributed by atoms with van der Waals surface area (Å²) >= 11 is 5.71. The maximum absolute atomic E-state index is 10.8. The number of hydrogen-bond donors (Lipinski definition) is 1. The van der Waals surface area contributed by atoms with Crippen molar-refractivity contribution in [3.63, 3.8) is 0 Å². The summed E-state index contributed by atoms with van der Waals surface area (Å²) in [6.07, 6.45) is 3.37. The van der Waals surface area contributed by atoms with Crippen molar-refractivity contribution in [1.29, 1.82) is 0 Å². The minimum Gasteiger partial charge on any atom is -0.508 e. The van der Waals surface area contributed by atoms with E-state index in [1.54, 1.807) is 36.4 Å². The number of rotatable bonds is 3. The summed E-state index contributed by atoms with van der Waals surface area (Å²) in [5, 5.41) is 8.44. The van der Waals surface area contributed by atoms with E-state index in [0.717, 1.165) is 5.56 Å².